The average Bonchev–Trinajstić information content (AvgIpc) is 2.40. The molecule has 3 heteroatoms. The Morgan fingerprint density at radius 3 is 2.72 bits per heavy atom. The Morgan fingerprint density at radius 1 is 1.22 bits per heavy atom. The lowest BCUT2D eigenvalue weighted by Gasteiger charge is -2.06. The van der Waals surface area contributed by atoms with Crippen molar-refractivity contribution in [2.45, 2.75) is 13.5 Å². The predicted octanol–water partition coefficient (Wildman–Crippen LogP) is 1.85. The van der Waals surface area contributed by atoms with Crippen LogP contribution in [0.4, 0.5) is 0 Å². The molecule has 0 spiro atoms. The second kappa shape index (κ2) is 9.67. The van der Waals surface area contributed by atoms with Gasteiger partial charge in [0.1, 0.15) is 6.61 Å². The lowest BCUT2D eigenvalue weighted by atomic mass is 10.2. The zero-order chi connectivity index (χ0) is 13.1. The minimum absolute atomic E-state index is 0.0391. The first-order valence-corrected chi connectivity index (χ1v) is 6.11. The van der Waals surface area contributed by atoms with Gasteiger partial charge in [-0.1, -0.05) is 42.2 Å². The Morgan fingerprint density at radius 2 is 2.00 bits per heavy atom. The third kappa shape index (κ3) is 7.08. The smallest absolute Gasteiger partial charge is 0.107 e. The predicted molar refractivity (Wildman–Crippen MR) is 70.9 cm³/mol. The Hall–Kier alpha value is -1.34. The van der Waals surface area contributed by atoms with Crippen molar-refractivity contribution < 1.29 is 14.6 Å². The molecular formula is C15H20O3. The number of hydrogen-bond acceptors (Lipinski definition) is 3. The van der Waals surface area contributed by atoms with Gasteiger partial charge in [0.15, 0.2) is 0 Å². The molecule has 1 aromatic rings. The van der Waals surface area contributed by atoms with Crippen LogP contribution in [0.15, 0.2) is 30.3 Å². The van der Waals surface area contributed by atoms with Crippen LogP contribution in [0.1, 0.15) is 12.5 Å². The summed E-state index contributed by atoms with van der Waals surface area (Å²) in [6.45, 7) is 3.99. The van der Waals surface area contributed by atoms with Crippen LogP contribution in [0, 0.1) is 17.8 Å². The van der Waals surface area contributed by atoms with Crippen molar-refractivity contribution >= 4 is 0 Å². The van der Waals surface area contributed by atoms with E-state index in [2.05, 4.69) is 11.8 Å². The largest absolute Gasteiger partial charge is 0.394 e. The molecule has 0 saturated heterocycles. The molecule has 0 fully saturated rings. The van der Waals surface area contributed by atoms with E-state index in [9.17, 15) is 0 Å². The van der Waals surface area contributed by atoms with Gasteiger partial charge in [-0.3, -0.25) is 0 Å². The van der Waals surface area contributed by atoms with Crippen LogP contribution < -0.4 is 0 Å². The van der Waals surface area contributed by atoms with Crippen LogP contribution in [-0.2, 0) is 16.1 Å². The van der Waals surface area contributed by atoms with Crippen molar-refractivity contribution in [1.82, 2.24) is 0 Å². The highest BCUT2D eigenvalue weighted by Gasteiger charge is 1.97. The van der Waals surface area contributed by atoms with E-state index in [1.165, 1.54) is 5.56 Å². The molecule has 0 aliphatic rings. The molecule has 1 N–H and O–H groups in total. The number of rotatable bonds is 7. The van der Waals surface area contributed by atoms with Gasteiger partial charge in [0, 0.05) is 5.92 Å². The summed E-state index contributed by atoms with van der Waals surface area (Å²) < 4.78 is 10.6. The fraction of sp³-hybridized carbons (Fsp3) is 0.467. The van der Waals surface area contributed by atoms with E-state index in [0.29, 0.717) is 26.4 Å². The molecule has 3 nitrogen and oxygen atoms in total. The second-order valence-electron chi connectivity index (χ2n) is 4.00. The number of aliphatic hydroxyl groups is 1. The van der Waals surface area contributed by atoms with Gasteiger partial charge in [-0.15, -0.1) is 0 Å². The van der Waals surface area contributed by atoms with Crippen molar-refractivity contribution in [2.24, 2.45) is 5.92 Å². The summed E-state index contributed by atoms with van der Waals surface area (Å²) in [7, 11) is 0. The van der Waals surface area contributed by atoms with Crippen LogP contribution >= 0.6 is 0 Å². The molecule has 1 atom stereocenters. The van der Waals surface area contributed by atoms with E-state index in [0.717, 1.165) is 0 Å². The van der Waals surface area contributed by atoms with Gasteiger partial charge in [0.05, 0.1) is 26.4 Å². The summed E-state index contributed by atoms with van der Waals surface area (Å²) in [6.07, 6.45) is 0. The zero-order valence-electron chi connectivity index (χ0n) is 10.8. The molecule has 0 saturated carbocycles. The molecule has 0 amide bonds. The van der Waals surface area contributed by atoms with Gasteiger partial charge in [-0.05, 0) is 12.5 Å². The maximum atomic E-state index is 8.51. The number of ether oxygens (including phenoxy) is 2. The monoisotopic (exact) mass is 248 g/mol. The molecule has 0 heterocycles. The van der Waals surface area contributed by atoms with Crippen LogP contribution in [0.25, 0.3) is 0 Å². The maximum Gasteiger partial charge on any atom is 0.107 e. The summed E-state index contributed by atoms with van der Waals surface area (Å²) in [5.74, 6) is 6.14. The first-order chi connectivity index (χ1) is 8.83. The summed E-state index contributed by atoms with van der Waals surface area (Å²) in [6, 6.07) is 10.1. The molecule has 0 aromatic heterocycles. The second-order valence-corrected chi connectivity index (χ2v) is 4.00. The highest BCUT2D eigenvalue weighted by atomic mass is 16.5. The van der Waals surface area contributed by atoms with E-state index >= 15 is 0 Å². The summed E-state index contributed by atoms with van der Waals surface area (Å²) >= 11 is 0. The molecule has 0 aliphatic carbocycles. The zero-order valence-corrected chi connectivity index (χ0v) is 10.8. The highest BCUT2D eigenvalue weighted by Crippen LogP contribution is 2.02. The van der Waals surface area contributed by atoms with E-state index < -0.39 is 0 Å². The lowest BCUT2D eigenvalue weighted by molar-refractivity contribution is 0.105. The Balaban J connectivity index is 2.11. The van der Waals surface area contributed by atoms with Crippen LogP contribution in [0.2, 0.25) is 0 Å². The third-order valence-electron chi connectivity index (χ3n) is 2.24. The SMILES string of the molecule is CC(C#CCOCCO)COCc1ccccc1. The first-order valence-electron chi connectivity index (χ1n) is 6.11. The first kappa shape index (κ1) is 14.7. The van der Waals surface area contributed by atoms with E-state index in [4.69, 9.17) is 14.6 Å². The Labute approximate surface area is 109 Å². The molecule has 0 radical (unpaired) electrons. The maximum absolute atomic E-state index is 8.51. The van der Waals surface area contributed by atoms with Gasteiger partial charge in [-0.2, -0.15) is 0 Å². The van der Waals surface area contributed by atoms with Crippen LogP contribution in [0.5, 0.6) is 0 Å². The average molecular weight is 248 g/mol. The third-order valence-corrected chi connectivity index (χ3v) is 2.24. The fourth-order valence-corrected chi connectivity index (χ4v) is 1.37. The van der Waals surface area contributed by atoms with Crippen LogP contribution in [0.3, 0.4) is 0 Å². The van der Waals surface area contributed by atoms with Crippen molar-refractivity contribution in [2.75, 3.05) is 26.4 Å². The Bertz CT molecular complexity index is 364. The fourth-order valence-electron chi connectivity index (χ4n) is 1.37. The van der Waals surface area contributed by atoms with E-state index in [1.807, 2.05) is 37.3 Å². The van der Waals surface area contributed by atoms with Gasteiger partial charge in [0.2, 0.25) is 0 Å². The van der Waals surface area contributed by atoms with Gasteiger partial charge in [0.25, 0.3) is 0 Å². The summed E-state index contributed by atoms with van der Waals surface area (Å²) in [5.41, 5.74) is 1.17. The van der Waals surface area contributed by atoms with E-state index in [-0.39, 0.29) is 12.5 Å². The molecule has 18 heavy (non-hydrogen) atoms. The molecule has 0 aliphatic heterocycles. The minimum atomic E-state index is 0.0391. The number of hydrogen-bond donors (Lipinski definition) is 1. The van der Waals surface area contributed by atoms with Crippen molar-refractivity contribution in [1.29, 1.82) is 0 Å². The quantitative estimate of drug-likeness (QED) is 0.591. The van der Waals surface area contributed by atoms with Crippen molar-refractivity contribution in [3.05, 3.63) is 35.9 Å². The van der Waals surface area contributed by atoms with Crippen LogP contribution in [-0.4, -0.2) is 31.5 Å². The van der Waals surface area contributed by atoms with Gasteiger partial charge in [-0.25, -0.2) is 0 Å². The standard InChI is InChI=1S/C15H20O3/c1-14(6-5-10-17-11-9-16)12-18-13-15-7-3-2-4-8-15/h2-4,7-8,14,16H,9-13H2,1H3. The molecule has 98 valence electrons. The molecule has 1 rings (SSSR count). The lowest BCUT2D eigenvalue weighted by Crippen LogP contribution is -2.04. The Kier molecular flexibility index (Phi) is 7.90. The molecular weight excluding hydrogens is 228 g/mol. The minimum Gasteiger partial charge on any atom is -0.394 e. The normalized spacial score (nSPS) is 11.7. The molecule has 1 aromatic carbocycles. The van der Waals surface area contributed by atoms with Crippen molar-refractivity contribution in [3.63, 3.8) is 0 Å². The number of benzene rings is 1. The molecule has 0 bridgehead atoms. The topological polar surface area (TPSA) is 38.7 Å². The van der Waals surface area contributed by atoms with E-state index in [1.54, 1.807) is 0 Å². The number of aliphatic hydroxyl groups excluding tert-OH is 1. The molecule has 1 unspecified atom stereocenters. The highest BCUT2D eigenvalue weighted by molar-refractivity contribution is 5.13. The van der Waals surface area contributed by atoms with Gasteiger partial charge < -0.3 is 14.6 Å². The summed E-state index contributed by atoms with van der Waals surface area (Å²) in [5, 5.41) is 8.51. The summed E-state index contributed by atoms with van der Waals surface area (Å²) in [4.78, 5) is 0. The van der Waals surface area contributed by atoms with Gasteiger partial charge >= 0.3 is 0 Å². The van der Waals surface area contributed by atoms with Crippen molar-refractivity contribution in [3.8, 4) is 11.8 Å².